The van der Waals surface area contributed by atoms with Crippen molar-refractivity contribution in [2.24, 2.45) is 0 Å². The van der Waals surface area contributed by atoms with Crippen LogP contribution in [0.5, 0.6) is 11.5 Å². The molecule has 1 aromatic carbocycles. The molecule has 0 saturated carbocycles. The number of rotatable bonds is 9. The summed E-state index contributed by atoms with van der Waals surface area (Å²) in [6, 6.07) is 5.69. The molecule has 0 spiro atoms. The van der Waals surface area contributed by atoms with Gasteiger partial charge < -0.3 is 29.6 Å². The average molecular weight is 589 g/mol. The maximum Gasteiger partial charge on any atom is 0.323 e. The molecule has 3 aromatic rings. The summed E-state index contributed by atoms with van der Waals surface area (Å²) in [4.78, 5) is 23.6. The summed E-state index contributed by atoms with van der Waals surface area (Å²) < 4.78 is 24.8. The van der Waals surface area contributed by atoms with Crippen molar-refractivity contribution in [2.75, 3.05) is 52.9 Å². The van der Waals surface area contributed by atoms with Crippen molar-refractivity contribution in [3.63, 3.8) is 0 Å². The van der Waals surface area contributed by atoms with Crippen LogP contribution in [0.3, 0.4) is 0 Å². The van der Waals surface area contributed by atoms with Crippen molar-refractivity contribution < 1.29 is 23.7 Å². The first-order valence-corrected chi connectivity index (χ1v) is 13.5. The lowest BCUT2D eigenvalue weighted by atomic mass is 10.2. The zero-order chi connectivity index (χ0) is 26.6. The highest BCUT2D eigenvalue weighted by atomic mass is 79.9. The van der Waals surface area contributed by atoms with Gasteiger partial charge in [-0.2, -0.15) is 0 Å². The van der Waals surface area contributed by atoms with Crippen LogP contribution in [0.25, 0.3) is 5.52 Å². The second kappa shape index (κ2) is 11.9. The molecular weight excluding hydrogens is 556 g/mol. The van der Waals surface area contributed by atoms with Crippen LogP contribution in [0.4, 0.5) is 5.82 Å². The number of ether oxygens (including phenoxy) is 4. The van der Waals surface area contributed by atoms with Crippen LogP contribution < -0.4 is 20.1 Å². The van der Waals surface area contributed by atoms with Gasteiger partial charge in [0.05, 0.1) is 27.9 Å². The summed E-state index contributed by atoms with van der Waals surface area (Å²) in [7, 11) is 4.72. The monoisotopic (exact) mass is 588 g/mol. The molecule has 0 amide bonds. The molecule has 2 aliphatic heterocycles. The lowest BCUT2D eigenvalue weighted by Crippen LogP contribution is -2.51. The number of fused-ring (bicyclic) bond motifs is 1. The Balaban J connectivity index is 1.26. The Morgan fingerprint density at radius 2 is 2.16 bits per heavy atom. The molecule has 12 heteroatoms. The topological polar surface area (TPSA) is 111 Å². The standard InChI is InChI=1S/C26H33BrN6O5/c1-35-18-7-6-16(20(11-18)36-2)12-30-24-22-23(27)31-25(33(22)10-8-28-24)21-13-29-17(15-38-21)14-32-9-4-5-19(32)26(34)37-3/h6-8,10-11,17,19,21,29H,4-5,9,12-15H2,1-3H3,(H,28,30)/t17-,19+,21-/m1/s1. The molecule has 0 bridgehead atoms. The average Bonchev–Trinajstić information content (AvgIpc) is 3.56. The maximum atomic E-state index is 12.1. The predicted octanol–water partition coefficient (Wildman–Crippen LogP) is 2.79. The van der Waals surface area contributed by atoms with Gasteiger partial charge in [-0.25, -0.2) is 9.97 Å². The number of morpholine rings is 1. The van der Waals surface area contributed by atoms with Crippen LogP contribution >= 0.6 is 15.9 Å². The van der Waals surface area contributed by atoms with Gasteiger partial charge in [0.25, 0.3) is 0 Å². The number of hydrogen-bond donors (Lipinski definition) is 2. The van der Waals surface area contributed by atoms with E-state index in [1.807, 2.05) is 28.8 Å². The predicted molar refractivity (Wildman–Crippen MR) is 145 cm³/mol. The van der Waals surface area contributed by atoms with Crippen LogP contribution in [0, 0.1) is 0 Å². The largest absolute Gasteiger partial charge is 0.497 e. The van der Waals surface area contributed by atoms with E-state index in [-0.39, 0.29) is 24.2 Å². The van der Waals surface area contributed by atoms with Gasteiger partial charge >= 0.3 is 5.97 Å². The third-order valence-electron chi connectivity index (χ3n) is 7.15. The van der Waals surface area contributed by atoms with Gasteiger partial charge in [0, 0.05) is 49.7 Å². The molecule has 11 nitrogen and oxygen atoms in total. The Hall–Kier alpha value is -2.93. The Bertz CT molecular complexity index is 1280. The van der Waals surface area contributed by atoms with E-state index in [4.69, 9.17) is 23.9 Å². The van der Waals surface area contributed by atoms with E-state index in [1.165, 1.54) is 7.11 Å². The van der Waals surface area contributed by atoms with E-state index < -0.39 is 0 Å². The Kier molecular flexibility index (Phi) is 8.32. The van der Waals surface area contributed by atoms with E-state index in [1.54, 1.807) is 20.4 Å². The summed E-state index contributed by atoms with van der Waals surface area (Å²) in [5.41, 5.74) is 1.81. The second-order valence-corrected chi connectivity index (χ2v) is 10.1. The van der Waals surface area contributed by atoms with E-state index in [9.17, 15) is 4.79 Å². The van der Waals surface area contributed by atoms with Gasteiger partial charge in [-0.1, -0.05) is 0 Å². The number of benzene rings is 1. The van der Waals surface area contributed by atoms with Crippen molar-refractivity contribution in [1.82, 2.24) is 24.6 Å². The highest BCUT2D eigenvalue weighted by Crippen LogP contribution is 2.31. The SMILES string of the molecule is COC(=O)[C@@H]1CCCN1C[C@@H]1CO[C@@H](c2nc(Br)c3c(NCc4ccc(OC)cc4OC)nccn23)CN1. The van der Waals surface area contributed by atoms with Crippen molar-refractivity contribution in [3.05, 3.63) is 46.6 Å². The number of halogens is 1. The normalized spacial score (nSPS) is 21.9. The number of hydrogen-bond acceptors (Lipinski definition) is 10. The van der Waals surface area contributed by atoms with Crippen LogP contribution in [0.15, 0.2) is 35.2 Å². The quantitative estimate of drug-likeness (QED) is 0.362. The second-order valence-electron chi connectivity index (χ2n) is 9.39. The molecule has 0 radical (unpaired) electrons. The molecule has 204 valence electrons. The minimum atomic E-state index is -0.225. The van der Waals surface area contributed by atoms with Crippen molar-refractivity contribution >= 4 is 33.2 Å². The van der Waals surface area contributed by atoms with E-state index in [2.05, 4.69) is 36.4 Å². The fourth-order valence-corrected chi connectivity index (χ4v) is 5.75. The van der Waals surface area contributed by atoms with Crippen LogP contribution in [0.1, 0.15) is 30.3 Å². The number of nitrogens with one attached hydrogen (secondary N) is 2. The maximum absolute atomic E-state index is 12.1. The first kappa shape index (κ1) is 26.7. The number of likely N-dealkylation sites (tertiary alicyclic amines) is 1. The van der Waals surface area contributed by atoms with Gasteiger partial charge in [-0.3, -0.25) is 14.1 Å². The van der Waals surface area contributed by atoms with E-state index >= 15 is 0 Å². The Morgan fingerprint density at radius 1 is 1.29 bits per heavy atom. The summed E-state index contributed by atoms with van der Waals surface area (Å²) in [5, 5.41) is 7.00. The van der Waals surface area contributed by atoms with Crippen molar-refractivity contribution in [1.29, 1.82) is 0 Å². The fourth-order valence-electron chi connectivity index (χ4n) is 5.19. The number of carbonyl (C=O) groups is 1. The highest BCUT2D eigenvalue weighted by Gasteiger charge is 2.35. The summed E-state index contributed by atoms with van der Waals surface area (Å²) in [5.74, 6) is 2.80. The van der Waals surface area contributed by atoms with Crippen molar-refractivity contribution in [3.8, 4) is 11.5 Å². The van der Waals surface area contributed by atoms with Crippen LogP contribution in [-0.2, 0) is 20.8 Å². The minimum absolute atomic E-state index is 0.129. The summed E-state index contributed by atoms with van der Waals surface area (Å²) >= 11 is 3.63. The summed E-state index contributed by atoms with van der Waals surface area (Å²) in [6.07, 6.45) is 5.25. The third-order valence-corrected chi connectivity index (χ3v) is 7.70. The molecule has 3 atom stereocenters. The molecule has 0 unspecified atom stereocenters. The lowest BCUT2D eigenvalue weighted by Gasteiger charge is -2.33. The molecular formula is C26H33BrN6O5. The summed E-state index contributed by atoms with van der Waals surface area (Å²) in [6.45, 7) is 3.28. The molecule has 4 heterocycles. The Labute approximate surface area is 229 Å². The molecule has 2 aromatic heterocycles. The molecule has 2 aliphatic rings. The molecule has 0 aliphatic carbocycles. The van der Waals surface area contributed by atoms with E-state index in [0.717, 1.165) is 54.3 Å². The van der Waals surface area contributed by atoms with Gasteiger partial charge in [0.1, 0.15) is 39.6 Å². The number of carbonyl (C=O) groups excluding carboxylic acids is 1. The number of nitrogens with zero attached hydrogens (tertiary/aromatic N) is 4. The number of aromatic nitrogens is 3. The van der Waals surface area contributed by atoms with Gasteiger partial charge in [-0.15, -0.1) is 0 Å². The zero-order valence-corrected chi connectivity index (χ0v) is 23.4. The molecule has 2 saturated heterocycles. The smallest absolute Gasteiger partial charge is 0.323 e. The molecule has 2 N–H and O–H groups in total. The molecule has 38 heavy (non-hydrogen) atoms. The molecule has 5 rings (SSSR count). The van der Waals surface area contributed by atoms with Crippen LogP contribution in [-0.4, -0.2) is 84.9 Å². The molecule has 2 fully saturated rings. The van der Waals surface area contributed by atoms with Gasteiger partial charge in [-0.05, 0) is 47.4 Å². The number of methoxy groups -OCH3 is 3. The third kappa shape index (κ3) is 5.44. The number of anilines is 1. The first-order valence-electron chi connectivity index (χ1n) is 12.7. The lowest BCUT2D eigenvalue weighted by molar-refractivity contribution is -0.146. The highest BCUT2D eigenvalue weighted by molar-refractivity contribution is 9.10. The Morgan fingerprint density at radius 3 is 2.89 bits per heavy atom. The van der Waals surface area contributed by atoms with Gasteiger partial charge in [0.15, 0.2) is 5.82 Å². The van der Waals surface area contributed by atoms with Crippen molar-refractivity contribution in [2.45, 2.75) is 37.6 Å². The zero-order valence-electron chi connectivity index (χ0n) is 21.8. The fraction of sp³-hybridized carbons (Fsp3) is 0.500. The van der Waals surface area contributed by atoms with E-state index in [0.29, 0.717) is 30.1 Å². The number of esters is 1. The van der Waals surface area contributed by atoms with Gasteiger partial charge in [0.2, 0.25) is 0 Å². The number of imidazole rings is 1. The first-order chi connectivity index (χ1) is 18.5. The van der Waals surface area contributed by atoms with Crippen LogP contribution in [0.2, 0.25) is 0 Å². The minimum Gasteiger partial charge on any atom is -0.497 e.